The number of nitrogens with one attached hydrogen (secondary N) is 2. The number of urea groups is 1. The molecular weight excluding hydrogens is 382 g/mol. The summed E-state index contributed by atoms with van der Waals surface area (Å²) in [4.78, 5) is 25.1. The van der Waals surface area contributed by atoms with Gasteiger partial charge in [-0.25, -0.2) is 4.79 Å². The highest BCUT2D eigenvalue weighted by molar-refractivity contribution is 7.10. The first-order chi connectivity index (χ1) is 14.1. The van der Waals surface area contributed by atoms with Gasteiger partial charge in [-0.2, -0.15) is 0 Å². The minimum absolute atomic E-state index is 0.200. The fourth-order valence-corrected chi connectivity index (χ4v) is 4.10. The third-order valence-electron chi connectivity index (χ3n) is 4.65. The van der Waals surface area contributed by atoms with E-state index in [4.69, 9.17) is 5.73 Å². The number of carbonyl (C=O) groups is 2. The lowest BCUT2D eigenvalue weighted by atomic mass is 9.99. The van der Waals surface area contributed by atoms with Gasteiger partial charge in [-0.15, -0.1) is 11.3 Å². The van der Waals surface area contributed by atoms with Crippen molar-refractivity contribution in [3.8, 4) is 0 Å². The van der Waals surface area contributed by atoms with Gasteiger partial charge in [-0.05, 0) is 34.6 Å². The molecule has 0 unspecified atom stereocenters. The molecule has 0 saturated heterocycles. The maximum absolute atomic E-state index is 12.8. The highest BCUT2D eigenvalue weighted by Gasteiger charge is 2.27. The van der Waals surface area contributed by atoms with Crippen LogP contribution in [0, 0.1) is 0 Å². The summed E-state index contributed by atoms with van der Waals surface area (Å²) in [5.41, 5.74) is 8.29. The van der Waals surface area contributed by atoms with E-state index in [1.54, 1.807) is 11.3 Å². The summed E-state index contributed by atoms with van der Waals surface area (Å²) < 4.78 is 0. The zero-order chi connectivity index (χ0) is 20.6. The van der Waals surface area contributed by atoms with Crippen LogP contribution in [0.1, 0.15) is 47.0 Å². The summed E-state index contributed by atoms with van der Waals surface area (Å²) in [7, 11) is 0. The average molecular weight is 408 g/mol. The average Bonchev–Trinajstić information content (AvgIpc) is 3.24. The van der Waals surface area contributed by atoms with E-state index in [0.717, 1.165) is 28.8 Å². The van der Waals surface area contributed by atoms with Gasteiger partial charge in [0.15, 0.2) is 0 Å². The molecule has 0 aliphatic heterocycles. The highest BCUT2D eigenvalue weighted by Crippen LogP contribution is 2.29. The Labute approximate surface area is 175 Å². The van der Waals surface area contributed by atoms with E-state index in [-0.39, 0.29) is 6.04 Å². The normalized spacial score (nSPS) is 12.9. The largest absolute Gasteiger partial charge is 0.351 e. The first-order valence-electron chi connectivity index (χ1n) is 9.62. The predicted molar refractivity (Wildman–Crippen MR) is 117 cm³/mol. The molecule has 1 aromatic heterocycles. The number of benzene rings is 2. The highest BCUT2D eigenvalue weighted by atomic mass is 32.1. The van der Waals surface area contributed by atoms with Crippen molar-refractivity contribution in [3.63, 3.8) is 0 Å². The van der Waals surface area contributed by atoms with Crippen LogP contribution in [0.15, 0.2) is 72.1 Å². The van der Waals surface area contributed by atoms with Crippen LogP contribution in [0.5, 0.6) is 0 Å². The van der Waals surface area contributed by atoms with Crippen molar-refractivity contribution in [2.45, 2.75) is 31.8 Å². The van der Waals surface area contributed by atoms with Crippen LogP contribution in [0.2, 0.25) is 0 Å². The van der Waals surface area contributed by atoms with E-state index in [1.807, 2.05) is 47.8 Å². The number of hydrogen-bond donors (Lipinski definition) is 3. The van der Waals surface area contributed by atoms with Gasteiger partial charge in [0.2, 0.25) is 5.91 Å². The first kappa shape index (κ1) is 20.8. The van der Waals surface area contributed by atoms with E-state index in [0.29, 0.717) is 0 Å². The second-order valence-corrected chi connectivity index (χ2v) is 7.78. The van der Waals surface area contributed by atoms with Crippen LogP contribution < -0.4 is 16.4 Å². The zero-order valence-electron chi connectivity index (χ0n) is 16.3. The van der Waals surface area contributed by atoms with Crippen LogP contribution in [0.4, 0.5) is 4.79 Å². The van der Waals surface area contributed by atoms with Crippen molar-refractivity contribution in [1.29, 1.82) is 0 Å². The van der Waals surface area contributed by atoms with Gasteiger partial charge in [0, 0.05) is 4.88 Å². The van der Waals surface area contributed by atoms with Gasteiger partial charge in [0.1, 0.15) is 6.04 Å². The Morgan fingerprint density at radius 2 is 1.69 bits per heavy atom. The van der Waals surface area contributed by atoms with Crippen molar-refractivity contribution < 1.29 is 9.59 Å². The van der Waals surface area contributed by atoms with Crippen LogP contribution >= 0.6 is 11.3 Å². The van der Waals surface area contributed by atoms with Crippen molar-refractivity contribution in [2.24, 2.45) is 5.73 Å². The number of carbonyl (C=O) groups excluding carboxylic acids is 2. The maximum atomic E-state index is 12.8. The summed E-state index contributed by atoms with van der Waals surface area (Å²) >= 11 is 1.62. The number of hydrogen-bond acceptors (Lipinski definition) is 4. The number of amides is 3. The first-order valence-corrected chi connectivity index (χ1v) is 10.5. The molecule has 0 aliphatic rings. The number of nitrogens with two attached hydrogens (primary N) is 1. The topological polar surface area (TPSA) is 84.2 Å². The molecule has 0 aliphatic carbocycles. The molecular formula is C23H25N3O2S. The van der Waals surface area contributed by atoms with E-state index in [2.05, 4.69) is 41.8 Å². The maximum Gasteiger partial charge on any atom is 0.318 e. The van der Waals surface area contributed by atoms with Crippen LogP contribution in [-0.4, -0.2) is 11.9 Å². The Morgan fingerprint density at radius 3 is 2.28 bits per heavy atom. The summed E-state index contributed by atoms with van der Waals surface area (Å²) in [5, 5.41) is 7.66. The van der Waals surface area contributed by atoms with E-state index in [9.17, 15) is 9.59 Å². The molecule has 0 saturated carbocycles. The van der Waals surface area contributed by atoms with E-state index >= 15 is 0 Å². The fraction of sp³-hybridized carbons (Fsp3) is 0.217. The molecule has 150 valence electrons. The molecule has 0 fully saturated rings. The summed E-state index contributed by atoms with van der Waals surface area (Å²) in [6, 6.07) is 20.0. The van der Waals surface area contributed by atoms with Gasteiger partial charge in [-0.1, -0.05) is 74.0 Å². The van der Waals surface area contributed by atoms with Crippen molar-refractivity contribution >= 4 is 23.3 Å². The standard InChI is InChI=1S/C23H25N3O2S/c1-2-7-16-11-13-18(14-12-16)20(19-10-6-15-29-19)25-21(22(27)26-23(24)28)17-8-4-3-5-9-17/h3-6,8-15,20-21,25H,2,7H2,1H3,(H3,24,26,27,28)/t20-,21-/m1/s1. The molecule has 0 bridgehead atoms. The number of imide groups is 1. The number of thiophene rings is 1. The molecule has 3 rings (SSSR count). The Hall–Kier alpha value is -2.96. The lowest BCUT2D eigenvalue weighted by molar-refractivity contribution is -0.122. The molecule has 29 heavy (non-hydrogen) atoms. The molecule has 2 atom stereocenters. The second kappa shape index (κ2) is 10.0. The zero-order valence-corrected chi connectivity index (χ0v) is 17.1. The Morgan fingerprint density at radius 1 is 0.966 bits per heavy atom. The molecule has 1 heterocycles. The second-order valence-electron chi connectivity index (χ2n) is 6.80. The quantitative estimate of drug-likeness (QED) is 0.520. The summed E-state index contributed by atoms with van der Waals surface area (Å²) in [6.07, 6.45) is 2.13. The molecule has 0 radical (unpaired) electrons. The van der Waals surface area contributed by atoms with Gasteiger partial charge >= 0.3 is 6.03 Å². The Bertz CT molecular complexity index is 925. The number of primary amides is 1. The van der Waals surface area contributed by atoms with E-state index in [1.165, 1.54) is 5.56 Å². The molecule has 3 aromatic rings. The molecule has 4 N–H and O–H groups in total. The molecule has 0 spiro atoms. The predicted octanol–water partition coefficient (Wildman–Crippen LogP) is 4.32. The smallest absolute Gasteiger partial charge is 0.318 e. The van der Waals surface area contributed by atoms with Crippen LogP contribution in [-0.2, 0) is 11.2 Å². The molecule has 3 amide bonds. The summed E-state index contributed by atoms with van der Waals surface area (Å²) in [6.45, 7) is 2.16. The third kappa shape index (κ3) is 5.53. The number of rotatable bonds is 8. The lowest BCUT2D eigenvalue weighted by Crippen LogP contribution is -2.44. The van der Waals surface area contributed by atoms with Gasteiger partial charge in [-0.3, -0.25) is 15.4 Å². The van der Waals surface area contributed by atoms with E-state index < -0.39 is 18.0 Å². The van der Waals surface area contributed by atoms with Crippen molar-refractivity contribution in [3.05, 3.63) is 93.7 Å². The molecule has 2 aromatic carbocycles. The Balaban J connectivity index is 1.95. The Kier molecular flexibility index (Phi) is 7.16. The monoisotopic (exact) mass is 407 g/mol. The fourth-order valence-electron chi connectivity index (χ4n) is 3.29. The van der Waals surface area contributed by atoms with Gasteiger partial charge in [0.25, 0.3) is 0 Å². The molecule has 5 nitrogen and oxygen atoms in total. The minimum Gasteiger partial charge on any atom is -0.351 e. The van der Waals surface area contributed by atoms with Crippen LogP contribution in [0.3, 0.4) is 0 Å². The van der Waals surface area contributed by atoms with Crippen molar-refractivity contribution in [2.75, 3.05) is 0 Å². The third-order valence-corrected chi connectivity index (χ3v) is 5.59. The number of aryl methyl sites for hydroxylation is 1. The minimum atomic E-state index is -0.866. The summed E-state index contributed by atoms with van der Waals surface area (Å²) in [5.74, 6) is -0.479. The van der Waals surface area contributed by atoms with Gasteiger partial charge in [0.05, 0.1) is 6.04 Å². The lowest BCUT2D eigenvalue weighted by Gasteiger charge is -2.25. The van der Waals surface area contributed by atoms with Gasteiger partial charge < -0.3 is 5.73 Å². The van der Waals surface area contributed by atoms with Crippen molar-refractivity contribution in [1.82, 2.24) is 10.6 Å². The SMILES string of the molecule is CCCc1ccc([C@@H](N[C@@H](C(=O)NC(N)=O)c2ccccc2)c2cccs2)cc1. The molecule has 6 heteroatoms. The van der Waals surface area contributed by atoms with Crippen LogP contribution in [0.25, 0.3) is 0 Å².